The Kier molecular flexibility index (Phi) is 4.87. The number of hydrogen-bond donors (Lipinski definition) is 1. The minimum absolute atomic E-state index is 0.0149. The molecule has 0 radical (unpaired) electrons. The van der Waals surface area contributed by atoms with Gasteiger partial charge in [0.1, 0.15) is 6.04 Å². The number of carbonyl (C=O) groups excluding carboxylic acids is 2. The number of amides is 2. The van der Waals surface area contributed by atoms with E-state index in [1.807, 2.05) is 4.90 Å². The van der Waals surface area contributed by atoms with Gasteiger partial charge in [0.25, 0.3) is 5.91 Å². The zero-order valence-corrected chi connectivity index (χ0v) is 14.1. The SMILES string of the molecule is CC(NC(=O)c1ccc(Cl)cc1)C(=O)N1CCN2CCC1CC2. The second kappa shape index (κ2) is 6.89. The summed E-state index contributed by atoms with van der Waals surface area (Å²) in [6.07, 6.45) is 2.06. The van der Waals surface area contributed by atoms with Gasteiger partial charge in [0.15, 0.2) is 0 Å². The molecule has 2 bridgehead atoms. The van der Waals surface area contributed by atoms with Crippen LogP contribution < -0.4 is 5.32 Å². The van der Waals surface area contributed by atoms with Gasteiger partial charge in [-0.3, -0.25) is 9.59 Å². The predicted octanol–water partition coefficient (Wildman–Crippen LogP) is 1.76. The topological polar surface area (TPSA) is 52.7 Å². The van der Waals surface area contributed by atoms with Crippen molar-refractivity contribution in [3.05, 3.63) is 34.9 Å². The van der Waals surface area contributed by atoms with E-state index in [1.54, 1.807) is 31.2 Å². The van der Waals surface area contributed by atoms with E-state index >= 15 is 0 Å². The molecule has 5 nitrogen and oxygen atoms in total. The van der Waals surface area contributed by atoms with Gasteiger partial charge in [-0.1, -0.05) is 11.6 Å². The summed E-state index contributed by atoms with van der Waals surface area (Å²) in [5, 5.41) is 3.39. The Balaban J connectivity index is 1.63. The van der Waals surface area contributed by atoms with E-state index < -0.39 is 6.04 Å². The highest BCUT2D eigenvalue weighted by atomic mass is 35.5. The Morgan fingerprint density at radius 2 is 1.78 bits per heavy atom. The lowest BCUT2D eigenvalue weighted by molar-refractivity contribution is -0.134. The predicted molar refractivity (Wildman–Crippen MR) is 89.6 cm³/mol. The quantitative estimate of drug-likeness (QED) is 0.916. The van der Waals surface area contributed by atoms with Crippen molar-refractivity contribution < 1.29 is 9.59 Å². The van der Waals surface area contributed by atoms with Crippen LogP contribution in [0.15, 0.2) is 24.3 Å². The number of nitrogens with one attached hydrogen (secondary N) is 1. The molecule has 3 fully saturated rings. The van der Waals surface area contributed by atoms with Crippen LogP contribution in [-0.4, -0.2) is 59.9 Å². The summed E-state index contributed by atoms with van der Waals surface area (Å²) in [6.45, 7) is 5.58. The average Bonchev–Trinajstić information content (AvgIpc) is 2.88. The molecule has 0 aliphatic carbocycles. The zero-order valence-electron chi connectivity index (χ0n) is 13.3. The molecule has 0 saturated carbocycles. The third-order valence-corrected chi connectivity index (χ3v) is 5.01. The number of hydrogen-bond acceptors (Lipinski definition) is 3. The summed E-state index contributed by atoms with van der Waals surface area (Å²) < 4.78 is 0. The fraction of sp³-hybridized carbons (Fsp3) is 0.529. The maximum Gasteiger partial charge on any atom is 0.251 e. The van der Waals surface area contributed by atoms with Crippen molar-refractivity contribution in [2.24, 2.45) is 0 Å². The van der Waals surface area contributed by atoms with Crippen LogP contribution in [0.5, 0.6) is 0 Å². The summed E-state index contributed by atoms with van der Waals surface area (Å²) in [6, 6.07) is 6.46. The molecule has 3 aliphatic rings. The van der Waals surface area contributed by atoms with Crippen LogP contribution in [0, 0.1) is 0 Å². The Morgan fingerprint density at radius 1 is 1.13 bits per heavy atom. The summed E-state index contributed by atoms with van der Waals surface area (Å²) in [5.74, 6) is -0.230. The first-order valence-electron chi connectivity index (χ1n) is 8.14. The first-order valence-corrected chi connectivity index (χ1v) is 8.51. The highest BCUT2D eigenvalue weighted by molar-refractivity contribution is 6.30. The Morgan fingerprint density at radius 3 is 2.43 bits per heavy atom. The molecule has 0 spiro atoms. The number of rotatable bonds is 3. The summed E-state index contributed by atoms with van der Waals surface area (Å²) in [5.41, 5.74) is 0.511. The van der Waals surface area contributed by atoms with Gasteiger partial charge in [0.2, 0.25) is 5.91 Å². The standard InChI is InChI=1S/C17H22ClN3O2/c1-12(19-16(22)13-2-4-14(18)5-3-13)17(23)21-11-10-20-8-6-15(21)7-9-20/h2-5,12,15H,6-11H2,1H3,(H,19,22). The second-order valence-electron chi connectivity index (χ2n) is 6.31. The molecule has 3 saturated heterocycles. The van der Waals surface area contributed by atoms with Crippen LogP contribution in [0.3, 0.4) is 0 Å². The first kappa shape index (κ1) is 16.3. The zero-order chi connectivity index (χ0) is 16.4. The van der Waals surface area contributed by atoms with E-state index in [4.69, 9.17) is 11.6 Å². The molecule has 1 aromatic rings. The molecule has 1 atom stereocenters. The molecule has 23 heavy (non-hydrogen) atoms. The van der Waals surface area contributed by atoms with E-state index in [2.05, 4.69) is 10.2 Å². The smallest absolute Gasteiger partial charge is 0.251 e. The van der Waals surface area contributed by atoms with E-state index in [0.717, 1.165) is 39.0 Å². The lowest BCUT2D eigenvalue weighted by Gasteiger charge is -2.33. The fourth-order valence-electron chi connectivity index (χ4n) is 3.37. The highest BCUT2D eigenvalue weighted by Gasteiger charge is 2.34. The minimum atomic E-state index is -0.523. The molecule has 124 valence electrons. The van der Waals surface area contributed by atoms with Crippen LogP contribution in [0.1, 0.15) is 30.1 Å². The largest absolute Gasteiger partial charge is 0.341 e. The minimum Gasteiger partial charge on any atom is -0.341 e. The van der Waals surface area contributed by atoms with Crippen molar-refractivity contribution in [1.82, 2.24) is 15.1 Å². The van der Waals surface area contributed by atoms with Crippen LogP contribution >= 0.6 is 11.6 Å². The van der Waals surface area contributed by atoms with Crippen molar-refractivity contribution in [1.29, 1.82) is 0 Å². The van der Waals surface area contributed by atoms with Crippen molar-refractivity contribution in [2.75, 3.05) is 26.2 Å². The van der Waals surface area contributed by atoms with E-state index in [9.17, 15) is 9.59 Å². The molecular weight excluding hydrogens is 314 g/mol. The summed E-state index contributed by atoms with van der Waals surface area (Å²) in [4.78, 5) is 29.3. The maximum atomic E-state index is 12.7. The normalized spacial score (nSPS) is 24.9. The lowest BCUT2D eigenvalue weighted by Crippen LogP contribution is -2.51. The molecule has 1 unspecified atom stereocenters. The van der Waals surface area contributed by atoms with E-state index in [0.29, 0.717) is 16.6 Å². The number of carbonyl (C=O) groups is 2. The van der Waals surface area contributed by atoms with Crippen molar-refractivity contribution in [2.45, 2.75) is 31.8 Å². The average molecular weight is 336 g/mol. The van der Waals surface area contributed by atoms with Gasteiger partial charge < -0.3 is 15.1 Å². The summed E-state index contributed by atoms with van der Waals surface area (Å²) >= 11 is 5.83. The second-order valence-corrected chi connectivity index (χ2v) is 6.74. The number of benzene rings is 1. The van der Waals surface area contributed by atoms with E-state index in [-0.39, 0.29) is 11.8 Å². The number of piperidine rings is 1. The van der Waals surface area contributed by atoms with Gasteiger partial charge in [-0.05, 0) is 44.0 Å². The van der Waals surface area contributed by atoms with E-state index in [1.165, 1.54) is 0 Å². The summed E-state index contributed by atoms with van der Waals surface area (Å²) in [7, 11) is 0. The maximum absolute atomic E-state index is 12.7. The molecule has 4 rings (SSSR count). The molecular formula is C17H22ClN3O2. The van der Waals surface area contributed by atoms with Gasteiger partial charge in [-0.25, -0.2) is 0 Å². The molecule has 2 amide bonds. The van der Waals surface area contributed by atoms with Crippen molar-refractivity contribution in [3.63, 3.8) is 0 Å². The fourth-order valence-corrected chi connectivity index (χ4v) is 3.49. The van der Waals surface area contributed by atoms with Crippen molar-refractivity contribution in [3.8, 4) is 0 Å². The Hall–Kier alpha value is -1.59. The van der Waals surface area contributed by atoms with Gasteiger partial charge in [-0.15, -0.1) is 0 Å². The third-order valence-electron chi connectivity index (χ3n) is 4.76. The van der Waals surface area contributed by atoms with Crippen LogP contribution in [0.2, 0.25) is 5.02 Å². The number of fused-ring (bicyclic) bond motifs is 4. The molecule has 6 heteroatoms. The highest BCUT2D eigenvalue weighted by Crippen LogP contribution is 2.21. The number of nitrogens with zero attached hydrogens (tertiary/aromatic N) is 2. The molecule has 0 aromatic heterocycles. The van der Waals surface area contributed by atoms with Crippen LogP contribution in [0.4, 0.5) is 0 Å². The third kappa shape index (κ3) is 3.67. The molecule has 1 N–H and O–H groups in total. The van der Waals surface area contributed by atoms with Crippen LogP contribution in [0.25, 0.3) is 0 Å². The molecule has 3 heterocycles. The molecule has 1 aromatic carbocycles. The van der Waals surface area contributed by atoms with Gasteiger partial charge in [-0.2, -0.15) is 0 Å². The number of halogens is 1. The molecule has 3 aliphatic heterocycles. The van der Waals surface area contributed by atoms with Crippen molar-refractivity contribution >= 4 is 23.4 Å². The Labute approximate surface area is 141 Å². The monoisotopic (exact) mass is 335 g/mol. The van der Waals surface area contributed by atoms with Gasteiger partial charge in [0.05, 0.1) is 0 Å². The van der Waals surface area contributed by atoms with Crippen LogP contribution in [-0.2, 0) is 4.79 Å². The van der Waals surface area contributed by atoms with Gasteiger partial charge in [0, 0.05) is 42.8 Å². The Bertz CT molecular complexity index is 582. The first-order chi connectivity index (χ1) is 11.0. The lowest BCUT2D eigenvalue weighted by atomic mass is 10.0. The van der Waals surface area contributed by atoms with Gasteiger partial charge >= 0.3 is 0 Å².